The Balaban J connectivity index is 1.78. The molecule has 1 aliphatic heterocycles. The second kappa shape index (κ2) is 6.41. The van der Waals surface area contributed by atoms with E-state index in [1.54, 1.807) is 4.90 Å². The van der Waals surface area contributed by atoms with Gasteiger partial charge in [-0.1, -0.05) is 17.7 Å². The fraction of sp³-hybridized carbons (Fsp3) is 0.467. The average molecular weight is 277 g/mol. The molecule has 0 bridgehead atoms. The van der Waals surface area contributed by atoms with Gasteiger partial charge in [-0.3, -0.25) is 9.59 Å². The van der Waals surface area contributed by atoms with Crippen LogP contribution < -0.4 is 4.74 Å². The maximum absolute atomic E-state index is 12.0. The Bertz CT molecular complexity index is 475. The summed E-state index contributed by atoms with van der Waals surface area (Å²) in [5.74, 6) is -0.510. The van der Waals surface area contributed by atoms with Gasteiger partial charge in [0.15, 0.2) is 6.61 Å². The molecule has 20 heavy (non-hydrogen) atoms. The number of hydrogen-bond acceptors (Lipinski definition) is 3. The number of hydrogen-bond donors (Lipinski definition) is 1. The van der Waals surface area contributed by atoms with Gasteiger partial charge in [-0.2, -0.15) is 0 Å². The fourth-order valence-corrected chi connectivity index (χ4v) is 2.25. The third kappa shape index (κ3) is 3.73. The number of carboxylic acid groups (broad SMARTS) is 1. The lowest BCUT2D eigenvalue weighted by Gasteiger charge is -2.30. The predicted octanol–water partition coefficient (Wildman–Crippen LogP) is 1.70. The molecule has 1 aliphatic rings. The number of aryl methyl sites for hydroxylation is 1. The molecule has 2 rings (SSSR count). The van der Waals surface area contributed by atoms with Gasteiger partial charge in [-0.15, -0.1) is 0 Å². The van der Waals surface area contributed by atoms with E-state index in [4.69, 9.17) is 9.84 Å². The highest BCUT2D eigenvalue weighted by Crippen LogP contribution is 2.18. The van der Waals surface area contributed by atoms with Crippen molar-refractivity contribution in [2.24, 2.45) is 5.92 Å². The standard InChI is InChI=1S/C15H19NO4/c1-11-2-4-13(5-3-11)20-10-14(17)16-8-6-12(7-9-16)15(18)19/h2-5,12H,6-10H2,1H3,(H,18,19). The number of ether oxygens (including phenoxy) is 1. The van der Waals surface area contributed by atoms with Gasteiger partial charge in [0.25, 0.3) is 5.91 Å². The summed E-state index contributed by atoms with van der Waals surface area (Å²) in [4.78, 5) is 24.5. The minimum Gasteiger partial charge on any atom is -0.484 e. The average Bonchev–Trinajstić information content (AvgIpc) is 2.46. The Morgan fingerprint density at radius 1 is 1.25 bits per heavy atom. The number of rotatable bonds is 4. The van der Waals surface area contributed by atoms with E-state index in [-0.39, 0.29) is 18.4 Å². The Morgan fingerprint density at radius 2 is 1.85 bits per heavy atom. The quantitative estimate of drug-likeness (QED) is 0.909. The second-order valence-electron chi connectivity index (χ2n) is 5.10. The maximum Gasteiger partial charge on any atom is 0.306 e. The molecule has 108 valence electrons. The van der Waals surface area contributed by atoms with Crippen LogP contribution in [-0.2, 0) is 9.59 Å². The molecule has 1 amide bonds. The highest BCUT2D eigenvalue weighted by atomic mass is 16.5. The highest BCUT2D eigenvalue weighted by Gasteiger charge is 2.26. The molecule has 0 atom stereocenters. The minimum atomic E-state index is -0.770. The number of benzene rings is 1. The Morgan fingerprint density at radius 3 is 2.40 bits per heavy atom. The maximum atomic E-state index is 12.0. The van der Waals surface area contributed by atoms with Crippen LogP contribution in [0, 0.1) is 12.8 Å². The molecule has 5 heteroatoms. The fourth-order valence-electron chi connectivity index (χ4n) is 2.25. The zero-order valence-electron chi connectivity index (χ0n) is 11.5. The van der Waals surface area contributed by atoms with Crippen LogP contribution in [0.5, 0.6) is 5.75 Å². The number of piperidine rings is 1. The summed E-state index contributed by atoms with van der Waals surface area (Å²) in [6.45, 7) is 2.97. The summed E-state index contributed by atoms with van der Waals surface area (Å²) < 4.78 is 5.44. The topological polar surface area (TPSA) is 66.8 Å². The van der Waals surface area contributed by atoms with Crippen molar-refractivity contribution in [3.63, 3.8) is 0 Å². The van der Waals surface area contributed by atoms with Crippen molar-refractivity contribution in [2.45, 2.75) is 19.8 Å². The highest BCUT2D eigenvalue weighted by molar-refractivity contribution is 5.78. The van der Waals surface area contributed by atoms with Gasteiger partial charge in [-0.05, 0) is 31.9 Å². The molecule has 0 radical (unpaired) electrons. The van der Waals surface area contributed by atoms with Crippen molar-refractivity contribution >= 4 is 11.9 Å². The molecular formula is C15H19NO4. The molecule has 0 aromatic heterocycles. The first-order valence-electron chi connectivity index (χ1n) is 6.76. The summed E-state index contributed by atoms with van der Waals surface area (Å²) in [5.41, 5.74) is 1.14. The molecular weight excluding hydrogens is 258 g/mol. The number of carbonyl (C=O) groups excluding carboxylic acids is 1. The van der Waals surface area contributed by atoms with E-state index in [2.05, 4.69) is 0 Å². The van der Waals surface area contributed by atoms with Gasteiger partial charge in [-0.25, -0.2) is 0 Å². The van der Waals surface area contributed by atoms with E-state index >= 15 is 0 Å². The summed E-state index contributed by atoms with van der Waals surface area (Å²) in [5, 5.41) is 8.91. The molecule has 5 nitrogen and oxygen atoms in total. The van der Waals surface area contributed by atoms with Gasteiger partial charge < -0.3 is 14.7 Å². The van der Waals surface area contributed by atoms with Crippen LogP contribution in [-0.4, -0.2) is 41.6 Å². The van der Waals surface area contributed by atoms with Gasteiger partial charge >= 0.3 is 5.97 Å². The lowest BCUT2D eigenvalue weighted by molar-refractivity contribution is -0.146. The SMILES string of the molecule is Cc1ccc(OCC(=O)N2CCC(C(=O)O)CC2)cc1. The van der Waals surface area contributed by atoms with Crippen LogP contribution in [0.25, 0.3) is 0 Å². The first-order chi connectivity index (χ1) is 9.56. The summed E-state index contributed by atoms with van der Waals surface area (Å²) >= 11 is 0. The van der Waals surface area contributed by atoms with Gasteiger partial charge in [0.1, 0.15) is 5.75 Å². The molecule has 0 unspecified atom stereocenters. The van der Waals surface area contributed by atoms with Crippen molar-refractivity contribution < 1.29 is 19.4 Å². The lowest BCUT2D eigenvalue weighted by Crippen LogP contribution is -2.42. The van der Waals surface area contributed by atoms with Crippen molar-refractivity contribution in [1.82, 2.24) is 4.90 Å². The molecule has 1 saturated heterocycles. The minimum absolute atomic E-state index is 0.000793. The molecule has 0 spiro atoms. The Kier molecular flexibility index (Phi) is 4.61. The van der Waals surface area contributed by atoms with Crippen LogP contribution >= 0.6 is 0 Å². The largest absolute Gasteiger partial charge is 0.484 e. The van der Waals surface area contributed by atoms with Gasteiger partial charge in [0, 0.05) is 13.1 Å². The smallest absolute Gasteiger partial charge is 0.306 e. The Hall–Kier alpha value is -2.04. The monoisotopic (exact) mass is 277 g/mol. The molecule has 1 fully saturated rings. The van der Waals surface area contributed by atoms with E-state index in [0.29, 0.717) is 31.7 Å². The second-order valence-corrected chi connectivity index (χ2v) is 5.10. The number of likely N-dealkylation sites (tertiary alicyclic amines) is 1. The number of carboxylic acids is 1. The van der Waals surface area contributed by atoms with Crippen LogP contribution in [0.3, 0.4) is 0 Å². The number of aliphatic carboxylic acids is 1. The molecule has 1 N–H and O–H groups in total. The summed E-state index contributed by atoms with van der Waals surface area (Å²) in [6.07, 6.45) is 1.04. The van der Waals surface area contributed by atoms with Crippen molar-refractivity contribution in [3.8, 4) is 5.75 Å². The third-order valence-corrected chi connectivity index (χ3v) is 3.58. The van der Waals surface area contributed by atoms with Crippen LogP contribution in [0.4, 0.5) is 0 Å². The van der Waals surface area contributed by atoms with Gasteiger partial charge in [0.05, 0.1) is 5.92 Å². The first kappa shape index (κ1) is 14.4. The molecule has 0 saturated carbocycles. The lowest BCUT2D eigenvalue weighted by atomic mass is 9.97. The molecule has 1 heterocycles. The van der Waals surface area contributed by atoms with Crippen molar-refractivity contribution in [3.05, 3.63) is 29.8 Å². The molecule has 1 aromatic carbocycles. The molecule has 0 aliphatic carbocycles. The van der Waals surface area contributed by atoms with E-state index < -0.39 is 5.97 Å². The summed E-state index contributed by atoms with van der Waals surface area (Å²) in [7, 11) is 0. The van der Waals surface area contributed by atoms with E-state index in [0.717, 1.165) is 5.56 Å². The number of nitrogens with zero attached hydrogens (tertiary/aromatic N) is 1. The summed E-state index contributed by atoms with van der Waals surface area (Å²) in [6, 6.07) is 7.52. The van der Waals surface area contributed by atoms with Crippen LogP contribution in [0.1, 0.15) is 18.4 Å². The van der Waals surface area contributed by atoms with E-state index in [1.807, 2.05) is 31.2 Å². The van der Waals surface area contributed by atoms with Crippen LogP contribution in [0.15, 0.2) is 24.3 Å². The zero-order chi connectivity index (χ0) is 14.5. The number of amides is 1. The Labute approximate surface area is 118 Å². The van der Waals surface area contributed by atoms with E-state index in [9.17, 15) is 9.59 Å². The zero-order valence-corrected chi connectivity index (χ0v) is 11.5. The first-order valence-corrected chi connectivity index (χ1v) is 6.76. The molecule has 1 aromatic rings. The normalized spacial score (nSPS) is 15.9. The number of carbonyl (C=O) groups is 2. The van der Waals surface area contributed by atoms with Crippen molar-refractivity contribution in [2.75, 3.05) is 19.7 Å². The van der Waals surface area contributed by atoms with Gasteiger partial charge in [0.2, 0.25) is 0 Å². The van der Waals surface area contributed by atoms with Crippen LogP contribution in [0.2, 0.25) is 0 Å². The van der Waals surface area contributed by atoms with Crippen molar-refractivity contribution in [1.29, 1.82) is 0 Å². The van der Waals surface area contributed by atoms with E-state index in [1.165, 1.54) is 0 Å². The predicted molar refractivity (Wildman–Crippen MR) is 73.6 cm³/mol. The third-order valence-electron chi connectivity index (χ3n) is 3.58.